The van der Waals surface area contributed by atoms with Crippen LogP contribution in [0.1, 0.15) is 19.7 Å². The van der Waals surface area contributed by atoms with Gasteiger partial charge in [0.2, 0.25) is 10.0 Å². The first-order valence-corrected chi connectivity index (χ1v) is 12.0. The van der Waals surface area contributed by atoms with Gasteiger partial charge in [0.05, 0.1) is 29.5 Å². The Hall–Kier alpha value is -2.17. The van der Waals surface area contributed by atoms with Crippen LogP contribution >= 0.6 is 0 Å². The summed E-state index contributed by atoms with van der Waals surface area (Å²) in [7, 11) is -1.55. The van der Waals surface area contributed by atoms with Crippen LogP contribution in [0.5, 0.6) is 0 Å². The van der Waals surface area contributed by atoms with Crippen molar-refractivity contribution in [1.82, 2.24) is 24.5 Å². The van der Waals surface area contributed by atoms with Crippen molar-refractivity contribution in [3.05, 3.63) is 30.1 Å². The van der Waals surface area contributed by atoms with E-state index in [4.69, 9.17) is 4.74 Å². The number of aromatic nitrogens is 2. The van der Waals surface area contributed by atoms with Gasteiger partial charge in [-0.05, 0) is 26.0 Å². The average Bonchev–Trinajstić information content (AvgIpc) is 3.14. The van der Waals surface area contributed by atoms with Crippen LogP contribution in [0.25, 0.3) is 11.0 Å². The molecule has 1 aliphatic heterocycles. The van der Waals surface area contributed by atoms with Gasteiger partial charge in [-0.1, -0.05) is 12.1 Å². The Morgan fingerprint density at radius 2 is 2.00 bits per heavy atom. The van der Waals surface area contributed by atoms with Gasteiger partial charge in [-0.25, -0.2) is 13.4 Å². The standard InChI is InChI=1S/C20H32N6O3S/c1-16(2)29-14-15-30(27,28)26-12-10-25(11-13-26)20(21-3)22-9-8-19-23-17-6-4-5-7-18(17)24-19/h4-7,16H,8-15H2,1-3H3,(H,21,22)(H,23,24). The Morgan fingerprint density at radius 1 is 1.27 bits per heavy atom. The van der Waals surface area contributed by atoms with Gasteiger partial charge in [0.25, 0.3) is 0 Å². The average molecular weight is 437 g/mol. The molecule has 166 valence electrons. The molecule has 9 nitrogen and oxygen atoms in total. The van der Waals surface area contributed by atoms with Gasteiger partial charge in [0, 0.05) is 46.2 Å². The maximum atomic E-state index is 12.5. The molecule has 0 unspecified atom stereocenters. The molecule has 0 amide bonds. The SMILES string of the molecule is CN=C(NCCc1nc2ccccc2[nH]1)N1CCN(S(=O)(=O)CCOC(C)C)CC1. The molecule has 1 aromatic carbocycles. The monoisotopic (exact) mass is 436 g/mol. The topological polar surface area (TPSA) is 103 Å². The highest BCUT2D eigenvalue weighted by molar-refractivity contribution is 7.89. The van der Waals surface area contributed by atoms with E-state index in [0.717, 1.165) is 29.2 Å². The van der Waals surface area contributed by atoms with Gasteiger partial charge in [0.15, 0.2) is 5.96 Å². The predicted octanol–water partition coefficient (Wildman–Crippen LogP) is 1.05. The Bertz CT molecular complexity index is 915. The summed E-state index contributed by atoms with van der Waals surface area (Å²) >= 11 is 0. The number of nitrogens with zero attached hydrogens (tertiary/aromatic N) is 4. The normalized spacial score (nSPS) is 16.5. The lowest BCUT2D eigenvalue weighted by Crippen LogP contribution is -2.54. The van der Waals surface area contributed by atoms with Crippen LogP contribution < -0.4 is 5.32 Å². The Kier molecular flexibility index (Phi) is 7.68. The lowest BCUT2D eigenvalue weighted by Gasteiger charge is -2.35. The number of ether oxygens (including phenoxy) is 1. The number of para-hydroxylation sites is 2. The lowest BCUT2D eigenvalue weighted by molar-refractivity contribution is 0.0904. The van der Waals surface area contributed by atoms with Gasteiger partial charge >= 0.3 is 0 Å². The minimum atomic E-state index is -3.29. The van der Waals surface area contributed by atoms with Gasteiger partial charge in [-0.2, -0.15) is 4.31 Å². The van der Waals surface area contributed by atoms with E-state index in [0.29, 0.717) is 32.7 Å². The molecule has 10 heteroatoms. The number of nitrogens with one attached hydrogen (secondary N) is 2. The van der Waals surface area contributed by atoms with Crippen LogP contribution in [-0.2, 0) is 21.2 Å². The van der Waals surface area contributed by atoms with E-state index >= 15 is 0 Å². The van der Waals surface area contributed by atoms with Crippen LogP contribution in [0, 0.1) is 0 Å². The van der Waals surface area contributed by atoms with Crippen molar-refractivity contribution in [2.45, 2.75) is 26.4 Å². The molecule has 0 aliphatic carbocycles. The third kappa shape index (κ3) is 5.93. The summed E-state index contributed by atoms with van der Waals surface area (Å²) in [4.78, 5) is 14.4. The molecule has 1 aliphatic rings. The molecule has 1 saturated heterocycles. The molecule has 2 heterocycles. The number of benzene rings is 1. The molecule has 2 aromatic rings. The summed E-state index contributed by atoms with van der Waals surface area (Å²) in [5.41, 5.74) is 2.00. The molecular weight excluding hydrogens is 404 g/mol. The number of guanidine groups is 1. The highest BCUT2D eigenvalue weighted by Crippen LogP contribution is 2.11. The minimum Gasteiger partial charge on any atom is -0.378 e. The zero-order chi connectivity index (χ0) is 21.6. The van der Waals surface area contributed by atoms with Crippen molar-refractivity contribution < 1.29 is 13.2 Å². The number of aromatic amines is 1. The van der Waals surface area contributed by atoms with E-state index in [9.17, 15) is 8.42 Å². The summed E-state index contributed by atoms with van der Waals surface area (Å²) in [5.74, 6) is 1.74. The third-order valence-corrected chi connectivity index (χ3v) is 6.85. The number of imidazole rings is 1. The number of fused-ring (bicyclic) bond motifs is 1. The van der Waals surface area contributed by atoms with Gasteiger partial charge in [-0.3, -0.25) is 4.99 Å². The van der Waals surface area contributed by atoms with Crippen LogP contribution in [0.4, 0.5) is 0 Å². The molecule has 0 atom stereocenters. The second kappa shape index (κ2) is 10.2. The number of piperazine rings is 1. The summed E-state index contributed by atoms with van der Waals surface area (Å²) in [5, 5.41) is 3.36. The van der Waals surface area contributed by atoms with Crippen molar-refractivity contribution in [3.8, 4) is 0 Å². The van der Waals surface area contributed by atoms with E-state index in [1.54, 1.807) is 11.4 Å². The number of aliphatic imine (C=N–C) groups is 1. The van der Waals surface area contributed by atoms with Crippen molar-refractivity contribution in [2.75, 3.05) is 52.1 Å². The maximum absolute atomic E-state index is 12.5. The zero-order valence-electron chi connectivity index (χ0n) is 18.0. The van der Waals surface area contributed by atoms with Crippen LogP contribution in [0.2, 0.25) is 0 Å². The molecule has 2 N–H and O–H groups in total. The number of sulfonamides is 1. The quantitative estimate of drug-likeness (QED) is 0.474. The van der Waals surface area contributed by atoms with Crippen molar-refractivity contribution in [3.63, 3.8) is 0 Å². The van der Waals surface area contributed by atoms with E-state index < -0.39 is 10.0 Å². The largest absolute Gasteiger partial charge is 0.378 e. The van der Waals surface area contributed by atoms with Gasteiger partial charge < -0.3 is 19.9 Å². The summed E-state index contributed by atoms with van der Waals surface area (Å²) < 4.78 is 31.9. The number of H-pyrrole nitrogens is 1. The van der Waals surface area contributed by atoms with E-state index in [1.165, 1.54) is 0 Å². The molecule has 0 bridgehead atoms. The second-order valence-corrected chi connectivity index (χ2v) is 9.63. The first kappa shape index (κ1) is 22.5. The van der Waals surface area contributed by atoms with E-state index in [2.05, 4.69) is 25.2 Å². The lowest BCUT2D eigenvalue weighted by atomic mass is 10.3. The van der Waals surface area contributed by atoms with Crippen LogP contribution in [-0.4, -0.2) is 91.8 Å². The smallest absolute Gasteiger partial charge is 0.216 e. The fourth-order valence-electron chi connectivity index (χ4n) is 3.45. The minimum absolute atomic E-state index is 0.0235. The Morgan fingerprint density at radius 3 is 2.67 bits per heavy atom. The fraction of sp³-hybridized carbons (Fsp3) is 0.600. The zero-order valence-corrected chi connectivity index (χ0v) is 18.8. The summed E-state index contributed by atoms with van der Waals surface area (Å²) in [6.45, 7) is 6.84. The summed E-state index contributed by atoms with van der Waals surface area (Å²) in [6, 6.07) is 7.97. The van der Waals surface area contributed by atoms with Crippen LogP contribution in [0.3, 0.4) is 0 Å². The van der Waals surface area contributed by atoms with Crippen molar-refractivity contribution in [2.24, 2.45) is 4.99 Å². The molecule has 1 aromatic heterocycles. The predicted molar refractivity (Wildman–Crippen MR) is 119 cm³/mol. The Labute approximate surface area is 178 Å². The van der Waals surface area contributed by atoms with Crippen LogP contribution in [0.15, 0.2) is 29.3 Å². The third-order valence-electron chi connectivity index (χ3n) is 5.02. The molecular formula is C20H32N6O3S. The summed E-state index contributed by atoms with van der Waals surface area (Å²) in [6.07, 6.45) is 0.781. The van der Waals surface area contributed by atoms with Gasteiger partial charge in [0.1, 0.15) is 5.82 Å². The van der Waals surface area contributed by atoms with E-state index in [-0.39, 0.29) is 18.5 Å². The van der Waals surface area contributed by atoms with Crippen molar-refractivity contribution in [1.29, 1.82) is 0 Å². The molecule has 0 radical (unpaired) electrons. The first-order valence-electron chi connectivity index (χ1n) is 10.4. The molecule has 0 spiro atoms. The molecule has 30 heavy (non-hydrogen) atoms. The van der Waals surface area contributed by atoms with E-state index in [1.807, 2.05) is 38.1 Å². The number of hydrogen-bond donors (Lipinski definition) is 2. The van der Waals surface area contributed by atoms with Crippen molar-refractivity contribution >= 4 is 27.0 Å². The second-order valence-electron chi connectivity index (χ2n) is 7.55. The number of rotatable bonds is 8. The first-order chi connectivity index (χ1) is 14.4. The highest BCUT2D eigenvalue weighted by Gasteiger charge is 2.27. The number of hydrogen-bond acceptors (Lipinski definition) is 5. The Balaban J connectivity index is 1.45. The maximum Gasteiger partial charge on any atom is 0.216 e. The highest BCUT2D eigenvalue weighted by atomic mass is 32.2. The fourth-order valence-corrected chi connectivity index (χ4v) is 4.73. The molecule has 3 rings (SSSR count). The molecule has 1 fully saturated rings. The van der Waals surface area contributed by atoms with Gasteiger partial charge in [-0.15, -0.1) is 0 Å². The molecule has 0 saturated carbocycles.